The summed E-state index contributed by atoms with van der Waals surface area (Å²) in [6.45, 7) is 1.34. The number of alkyl halides is 4. The van der Waals surface area contributed by atoms with Crippen LogP contribution in [0.4, 0.5) is 27.6 Å². The third kappa shape index (κ3) is 4.21. The fraction of sp³-hybridized carbons (Fsp3) is 0.222. The van der Waals surface area contributed by atoms with E-state index in [2.05, 4.69) is 10.4 Å². The summed E-state index contributed by atoms with van der Waals surface area (Å²) in [5, 5.41) is 5.79. The number of benzene rings is 1. The lowest BCUT2D eigenvalue weighted by atomic mass is 10.2. The maximum atomic E-state index is 13.7. The summed E-state index contributed by atoms with van der Waals surface area (Å²) in [6, 6.07) is 7.36. The lowest BCUT2D eigenvalue weighted by molar-refractivity contribution is 0.0993. The van der Waals surface area contributed by atoms with Crippen molar-refractivity contribution in [3.05, 3.63) is 70.7 Å². The molecule has 0 aliphatic carbocycles. The van der Waals surface area contributed by atoms with Crippen LogP contribution in [0.1, 0.15) is 46.1 Å². The average Bonchev–Trinajstić information content (AvgIpc) is 3.26. The van der Waals surface area contributed by atoms with Crippen LogP contribution in [0.15, 0.2) is 40.8 Å². The summed E-state index contributed by atoms with van der Waals surface area (Å²) in [5.74, 6) is -1.54. The molecule has 0 spiro atoms. The van der Waals surface area contributed by atoms with E-state index in [0.717, 1.165) is 5.56 Å². The Hall–Kier alpha value is -3.17. The quantitative estimate of drug-likeness (QED) is 0.587. The molecule has 5 nitrogen and oxygen atoms in total. The normalized spacial score (nSPS) is 11.4. The zero-order valence-corrected chi connectivity index (χ0v) is 14.4. The van der Waals surface area contributed by atoms with Crippen molar-refractivity contribution < 1.29 is 31.2 Å². The van der Waals surface area contributed by atoms with E-state index in [1.54, 1.807) is 6.92 Å². The van der Waals surface area contributed by atoms with Crippen LogP contribution in [0.2, 0.25) is 0 Å². The number of aryl methyl sites for hydroxylation is 1. The van der Waals surface area contributed by atoms with Crippen molar-refractivity contribution >= 4 is 11.6 Å². The molecular formula is C18H14F5N3O2. The highest BCUT2D eigenvalue weighted by atomic mass is 19.3. The highest BCUT2D eigenvalue weighted by Crippen LogP contribution is 2.26. The minimum absolute atomic E-state index is 0.0423. The fourth-order valence-electron chi connectivity index (χ4n) is 2.51. The standard InChI is InChI=1S/C18H14F5N3O2/c1-9-2-4-11(19)12(6-9)24-18(27)15-5-3-10(28-15)8-26-14(17(22)23)7-13(25-26)16(20)21/h2-7,16-17H,8H2,1H3,(H,24,27). The van der Waals surface area contributed by atoms with Crippen LogP contribution in [-0.2, 0) is 6.54 Å². The van der Waals surface area contributed by atoms with Crippen LogP contribution >= 0.6 is 0 Å². The molecule has 1 N–H and O–H groups in total. The molecule has 0 aliphatic rings. The molecule has 0 bridgehead atoms. The monoisotopic (exact) mass is 399 g/mol. The average molecular weight is 399 g/mol. The van der Waals surface area contributed by atoms with E-state index < -0.39 is 36.0 Å². The number of furan rings is 1. The van der Waals surface area contributed by atoms with Gasteiger partial charge in [0.05, 0.1) is 12.2 Å². The molecule has 0 saturated carbocycles. The van der Waals surface area contributed by atoms with Crippen molar-refractivity contribution in [2.45, 2.75) is 26.3 Å². The smallest absolute Gasteiger partial charge is 0.291 e. The second-order valence-electron chi connectivity index (χ2n) is 5.96. The first-order chi connectivity index (χ1) is 13.2. The van der Waals surface area contributed by atoms with Gasteiger partial charge in [-0.15, -0.1) is 0 Å². The first-order valence-electron chi connectivity index (χ1n) is 8.04. The topological polar surface area (TPSA) is 60.1 Å². The van der Waals surface area contributed by atoms with E-state index in [4.69, 9.17) is 4.42 Å². The number of carbonyl (C=O) groups excluding carboxylic acids is 1. The second-order valence-corrected chi connectivity index (χ2v) is 5.96. The Morgan fingerprint density at radius 3 is 2.57 bits per heavy atom. The van der Waals surface area contributed by atoms with E-state index in [-0.39, 0.29) is 23.8 Å². The molecule has 1 amide bonds. The number of hydrogen-bond acceptors (Lipinski definition) is 3. The summed E-state index contributed by atoms with van der Waals surface area (Å²) in [7, 11) is 0. The number of amides is 1. The fourth-order valence-corrected chi connectivity index (χ4v) is 2.51. The molecule has 0 radical (unpaired) electrons. The van der Waals surface area contributed by atoms with Gasteiger partial charge in [-0.2, -0.15) is 5.10 Å². The van der Waals surface area contributed by atoms with Gasteiger partial charge >= 0.3 is 0 Å². The van der Waals surface area contributed by atoms with Gasteiger partial charge < -0.3 is 9.73 Å². The van der Waals surface area contributed by atoms with Gasteiger partial charge in [-0.25, -0.2) is 22.0 Å². The summed E-state index contributed by atoms with van der Waals surface area (Å²) in [5.41, 5.74) is -0.796. The molecule has 0 fully saturated rings. The number of rotatable bonds is 6. The zero-order chi connectivity index (χ0) is 20.4. The number of anilines is 1. The molecule has 0 saturated heterocycles. The van der Waals surface area contributed by atoms with Gasteiger partial charge in [0.1, 0.15) is 23.0 Å². The Morgan fingerprint density at radius 2 is 1.89 bits per heavy atom. The van der Waals surface area contributed by atoms with Gasteiger partial charge in [0.15, 0.2) is 5.76 Å². The third-order valence-electron chi connectivity index (χ3n) is 3.84. The third-order valence-corrected chi connectivity index (χ3v) is 3.84. The van der Waals surface area contributed by atoms with Crippen LogP contribution < -0.4 is 5.32 Å². The Balaban J connectivity index is 1.77. The highest BCUT2D eigenvalue weighted by molar-refractivity contribution is 6.02. The van der Waals surface area contributed by atoms with Crippen molar-refractivity contribution in [2.75, 3.05) is 5.32 Å². The molecule has 3 aromatic rings. The van der Waals surface area contributed by atoms with Gasteiger partial charge in [0, 0.05) is 0 Å². The maximum absolute atomic E-state index is 13.7. The molecule has 1 aromatic carbocycles. The van der Waals surface area contributed by atoms with Gasteiger partial charge in [-0.05, 0) is 42.8 Å². The molecule has 148 valence electrons. The molecule has 0 aliphatic heterocycles. The Bertz CT molecular complexity index is 997. The Kier molecular flexibility index (Phi) is 5.48. The summed E-state index contributed by atoms with van der Waals surface area (Å²) in [4.78, 5) is 12.2. The maximum Gasteiger partial charge on any atom is 0.291 e. The number of carbonyl (C=O) groups is 1. The Morgan fingerprint density at radius 1 is 1.14 bits per heavy atom. The summed E-state index contributed by atoms with van der Waals surface area (Å²) in [6.07, 6.45) is -6.01. The summed E-state index contributed by atoms with van der Waals surface area (Å²) < 4.78 is 71.2. The lowest BCUT2D eigenvalue weighted by Gasteiger charge is -2.06. The van der Waals surface area contributed by atoms with E-state index in [1.807, 2.05) is 0 Å². The van der Waals surface area contributed by atoms with Crippen LogP contribution in [0, 0.1) is 12.7 Å². The van der Waals surface area contributed by atoms with E-state index in [9.17, 15) is 26.7 Å². The van der Waals surface area contributed by atoms with Crippen molar-refractivity contribution in [1.82, 2.24) is 9.78 Å². The van der Waals surface area contributed by atoms with Crippen LogP contribution in [-0.4, -0.2) is 15.7 Å². The molecule has 28 heavy (non-hydrogen) atoms. The molecule has 10 heteroatoms. The van der Waals surface area contributed by atoms with E-state index in [1.165, 1.54) is 30.3 Å². The van der Waals surface area contributed by atoms with Crippen LogP contribution in [0.5, 0.6) is 0 Å². The van der Waals surface area contributed by atoms with E-state index in [0.29, 0.717) is 10.7 Å². The second kappa shape index (κ2) is 7.83. The minimum atomic E-state index is -3.01. The number of aromatic nitrogens is 2. The van der Waals surface area contributed by atoms with Gasteiger partial charge in [0.2, 0.25) is 0 Å². The summed E-state index contributed by atoms with van der Waals surface area (Å²) >= 11 is 0. The van der Waals surface area contributed by atoms with Crippen molar-refractivity contribution in [3.63, 3.8) is 0 Å². The number of hydrogen-bond donors (Lipinski definition) is 1. The predicted molar refractivity (Wildman–Crippen MR) is 89.0 cm³/mol. The molecule has 0 unspecified atom stereocenters. The van der Waals surface area contributed by atoms with Gasteiger partial charge in [-0.1, -0.05) is 6.07 Å². The van der Waals surface area contributed by atoms with Crippen LogP contribution in [0.25, 0.3) is 0 Å². The highest BCUT2D eigenvalue weighted by Gasteiger charge is 2.22. The largest absolute Gasteiger partial charge is 0.454 e. The lowest BCUT2D eigenvalue weighted by Crippen LogP contribution is -2.12. The Labute approximate surface area is 155 Å². The predicted octanol–water partition coefficient (Wildman–Crippen LogP) is 5.10. The number of halogens is 5. The van der Waals surface area contributed by atoms with Crippen molar-refractivity contribution in [2.24, 2.45) is 0 Å². The first kappa shape index (κ1) is 19.6. The molecule has 2 heterocycles. The zero-order valence-electron chi connectivity index (χ0n) is 14.4. The first-order valence-corrected chi connectivity index (χ1v) is 8.04. The molecule has 2 aromatic heterocycles. The SMILES string of the molecule is Cc1ccc(F)c(NC(=O)c2ccc(Cn3nc(C(F)F)cc3C(F)F)o2)c1. The number of nitrogens with one attached hydrogen (secondary N) is 1. The minimum Gasteiger partial charge on any atom is -0.454 e. The van der Waals surface area contributed by atoms with Crippen LogP contribution in [0.3, 0.4) is 0 Å². The van der Waals surface area contributed by atoms with Gasteiger partial charge in [-0.3, -0.25) is 9.48 Å². The van der Waals surface area contributed by atoms with Crippen molar-refractivity contribution in [1.29, 1.82) is 0 Å². The molecule has 3 rings (SSSR count). The van der Waals surface area contributed by atoms with Crippen molar-refractivity contribution in [3.8, 4) is 0 Å². The molecular weight excluding hydrogens is 385 g/mol. The van der Waals surface area contributed by atoms with E-state index >= 15 is 0 Å². The number of nitrogens with zero attached hydrogens (tertiary/aromatic N) is 2. The molecule has 0 atom stereocenters. The van der Waals surface area contributed by atoms with Gasteiger partial charge in [0.25, 0.3) is 18.8 Å².